The van der Waals surface area contributed by atoms with Crippen molar-refractivity contribution in [3.05, 3.63) is 95.7 Å². The third-order valence-corrected chi connectivity index (χ3v) is 5.34. The fourth-order valence-corrected chi connectivity index (χ4v) is 3.47. The molecule has 0 radical (unpaired) electrons. The van der Waals surface area contributed by atoms with Crippen LogP contribution in [0.15, 0.2) is 90.0 Å². The van der Waals surface area contributed by atoms with Crippen LogP contribution in [-0.4, -0.2) is 28.2 Å². The summed E-state index contributed by atoms with van der Waals surface area (Å²) in [7, 11) is 0. The molecule has 1 unspecified atom stereocenters. The Balaban J connectivity index is 1.51. The number of allylic oxidation sites excluding steroid dienone is 11. The van der Waals surface area contributed by atoms with Gasteiger partial charge in [0.25, 0.3) is 0 Å². The summed E-state index contributed by atoms with van der Waals surface area (Å²) in [5, 5.41) is 0. The molecule has 0 saturated carbocycles. The summed E-state index contributed by atoms with van der Waals surface area (Å²) >= 11 is 0. The number of esters is 1. The first-order valence-corrected chi connectivity index (χ1v) is 12.7. The highest BCUT2D eigenvalue weighted by Crippen LogP contribution is 2.27. The van der Waals surface area contributed by atoms with Crippen molar-refractivity contribution in [2.45, 2.75) is 70.6 Å². The maximum atomic E-state index is 11.9. The first-order chi connectivity index (χ1) is 17.6. The molecule has 36 heavy (non-hydrogen) atoms. The lowest BCUT2D eigenvalue weighted by atomic mass is 10.2. The molecule has 1 fully saturated rings. The number of ether oxygens (including phenoxy) is 2. The molecular weight excluding hydrogens is 454 g/mol. The highest BCUT2D eigenvalue weighted by atomic mass is 16.6. The standard InChI is InChI=1S/C29H39N3O4/c1-2-3-4-5-6-7-8-9-10-11-12-13-14-15-16-17-18-19-28(33)35-24-25-20-21-27(36-25)32-23-22-26(30)31-29(32)34/h3-4,6-7,9-10,12-13,15-16,18-19,22-23,25,27H,2,5,8,11,14,17,20-21,24H2,1H3,(H2,30,31,34)/b4-3-,7-6-,10-9-,13-12-,16-15-,19-18-/t25-,27?/m0/s1. The number of anilines is 1. The molecule has 0 bridgehead atoms. The lowest BCUT2D eigenvalue weighted by Gasteiger charge is -2.15. The average molecular weight is 494 g/mol. The number of hydrogen-bond donors (Lipinski definition) is 1. The minimum Gasteiger partial charge on any atom is -0.460 e. The molecule has 0 aromatic carbocycles. The lowest BCUT2D eigenvalue weighted by molar-refractivity contribution is -0.142. The van der Waals surface area contributed by atoms with Crippen LogP contribution in [0.4, 0.5) is 5.82 Å². The second kappa shape index (κ2) is 17.9. The minimum absolute atomic E-state index is 0.151. The van der Waals surface area contributed by atoms with E-state index in [1.807, 2.05) is 6.08 Å². The van der Waals surface area contributed by atoms with Gasteiger partial charge in [-0.15, -0.1) is 0 Å². The Bertz CT molecular complexity index is 1020. The fourth-order valence-electron chi connectivity index (χ4n) is 3.47. The number of hydrogen-bond acceptors (Lipinski definition) is 6. The molecule has 2 heterocycles. The molecule has 0 spiro atoms. The van der Waals surface area contributed by atoms with Gasteiger partial charge in [-0.1, -0.05) is 73.8 Å². The second-order valence-corrected chi connectivity index (χ2v) is 8.31. The molecule has 1 aliphatic rings. The lowest BCUT2D eigenvalue weighted by Crippen LogP contribution is -2.28. The van der Waals surface area contributed by atoms with Gasteiger partial charge in [0.1, 0.15) is 18.7 Å². The normalized spacial score (nSPS) is 18.8. The highest BCUT2D eigenvalue weighted by Gasteiger charge is 2.28. The van der Waals surface area contributed by atoms with Crippen molar-refractivity contribution in [1.29, 1.82) is 0 Å². The van der Waals surface area contributed by atoms with Gasteiger partial charge in [0, 0.05) is 12.3 Å². The molecule has 2 N–H and O–H groups in total. The van der Waals surface area contributed by atoms with Crippen molar-refractivity contribution in [2.24, 2.45) is 0 Å². The summed E-state index contributed by atoms with van der Waals surface area (Å²) in [5.41, 5.74) is 5.07. The largest absolute Gasteiger partial charge is 0.460 e. The van der Waals surface area contributed by atoms with E-state index in [9.17, 15) is 9.59 Å². The second-order valence-electron chi connectivity index (χ2n) is 8.31. The zero-order valence-electron chi connectivity index (χ0n) is 21.2. The minimum atomic E-state index is -0.448. The number of carbonyl (C=O) groups excluding carboxylic acids is 1. The quantitative estimate of drug-likeness (QED) is 0.190. The number of carbonyl (C=O) groups is 1. The number of nitrogen functional groups attached to an aromatic ring is 1. The summed E-state index contributed by atoms with van der Waals surface area (Å²) in [6, 6.07) is 1.56. The molecule has 0 aliphatic carbocycles. The van der Waals surface area contributed by atoms with Crippen LogP contribution in [0.2, 0.25) is 0 Å². The van der Waals surface area contributed by atoms with E-state index in [-0.39, 0.29) is 18.5 Å². The Labute approximate surface area is 214 Å². The van der Waals surface area contributed by atoms with Gasteiger partial charge in [0.2, 0.25) is 0 Å². The van der Waals surface area contributed by atoms with E-state index in [1.165, 1.54) is 10.6 Å². The van der Waals surface area contributed by atoms with Crippen molar-refractivity contribution in [2.75, 3.05) is 12.3 Å². The van der Waals surface area contributed by atoms with Crippen LogP contribution in [0.3, 0.4) is 0 Å². The zero-order chi connectivity index (χ0) is 25.8. The van der Waals surface area contributed by atoms with Crippen LogP contribution in [0.5, 0.6) is 0 Å². The monoisotopic (exact) mass is 493 g/mol. The summed E-state index contributed by atoms with van der Waals surface area (Å²) in [4.78, 5) is 27.5. The van der Waals surface area contributed by atoms with Crippen LogP contribution in [0.25, 0.3) is 0 Å². The van der Waals surface area contributed by atoms with Crippen LogP contribution in [-0.2, 0) is 14.3 Å². The van der Waals surface area contributed by atoms with Crippen molar-refractivity contribution in [1.82, 2.24) is 9.55 Å². The first-order valence-electron chi connectivity index (χ1n) is 12.7. The van der Waals surface area contributed by atoms with E-state index in [4.69, 9.17) is 15.2 Å². The molecule has 0 amide bonds. The molecule has 1 aromatic rings. The van der Waals surface area contributed by atoms with Crippen LogP contribution in [0, 0.1) is 0 Å². The van der Waals surface area contributed by atoms with Crippen molar-refractivity contribution >= 4 is 11.8 Å². The maximum Gasteiger partial charge on any atom is 0.351 e. The van der Waals surface area contributed by atoms with Gasteiger partial charge in [-0.25, -0.2) is 9.59 Å². The van der Waals surface area contributed by atoms with Crippen molar-refractivity contribution in [3.8, 4) is 0 Å². The molecular formula is C29H39N3O4. The highest BCUT2D eigenvalue weighted by molar-refractivity contribution is 5.81. The van der Waals surface area contributed by atoms with Crippen molar-refractivity contribution < 1.29 is 14.3 Å². The number of nitrogens with zero attached hydrogens (tertiary/aromatic N) is 2. The Morgan fingerprint density at radius 2 is 1.53 bits per heavy atom. The van der Waals surface area contributed by atoms with Gasteiger partial charge >= 0.3 is 11.7 Å². The van der Waals surface area contributed by atoms with Crippen LogP contribution in [0.1, 0.15) is 64.5 Å². The third kappa shape index (κ3) is 12.3. The van der Waals surface area contributed by atoms with Gasteiger partial charge in [0.05, 0.1) is 6.10 Å². The smallest absolute Gasteiger partial charge is 0.351 e. The predicted molar refractivity (Wildman–Crippen MR) is 145 cm³/mol. The van der Waals surface area contributed by atoms with Gasteiger partial charge in [-0.05, 0) is 57.4 Å². The maximum absolute atomic E-state index is 11.9. The predicted octanol–water partition coefficient (Wildman–Crippen LogP) is 5.74. The van der Waals surface area contributed by atoms with E-state index >= 15 is 0 Å². The van der Waals surface area contributed by atoms with Crippen LogP contribution < -0.4 is 11.4 Å². The molecule has 7 nitrogen and oxygen atoms in total. The van der Waals surface area contributed by atoms with E-state index in [0.717, 1.165) is 32.1 Å². The Kier molecular flexibility index (Phi) is 14.3. The SMILES string of the molecule is CC/C=C\C/C=C\C/C=C\C/C=C\C/C=C\C/C=C\C(=O)OC[C@@H]1CCC(n2ccc(N)nc2=O)O1. The van der Waals surface area contributed by atoms with E-state index < -0.39 is 17.9 Å². The topological polar surface area (TPSA) is 96.4 Å². The van der Waals surface area contributed by atoms with E-state index in [0.29, 0.717) is 19.3 Å². The Morgan fingerprint density at radius 3 is 2.08 bits per heavy atom. The first kappa shape index (κ1) is 28.8. The summed E-state index contributed by atoms with van der Waals surface area (Å²) in [6.07, 6.45) is 32.5. The van der Waals surface area contributed by atoms with E-state index in [2.05, 4.69) is 66.6 Å². The summed E-state index contributed by atoms with van der Waals surface area (Å²) in [6.45, 7) is 2.29. The molecule has 194 valence electrons. The Morgan fingerprint density at radius 1 is 0.972 bits per heavy atom. The average Bonchev–Trinajstić information content (AvgIpc) is 3.33. The van der Waals surface area contributed by atoms with Crippen LogP contribution >= 0.6 is 0 Å². The molecule has 7 heteroatoms. The van der Waals surface area contributed by atoms with Gasteiger partial charge < -0.3 is 15.2 Å². The van der Waals surface area contributed by atoms with Gasteiger partial charge in [-0.2, -0.15) is 4.98 Å². The number of rotatable bonds is 15. The fraction of sp³-hybridized carbons (Fsp3) is 0.414. The third-order valence-electron chi connectivity index (χ3n) is 5.34. The molecule has 1 saturated heterocycles. The molecule has 1 aromatic heterocycles. The molecule has 2 rings (SSSR count). The Hall–Kier alpha value is -3.45. The number of nitrogens with two attached hydrogens (primary N) is 1. The zero-order valence-corrected chi connectivity index (χ0v) is 21.2. The summed E-state index contributed by atoms with van der Waals surface area (Å²) < 4.78 is 12.5. The molecule has 2 atom stereocenters. The van der Waals surface area contributed by atoms with Gasteiger partial charge in [0.15, 0.2) is 0 Å². The number of aromatic nitrogens is 2. The van der Waals surface area contributed by atoms with Crippen molar-refractivity contribution in [3.63, 3.8) is 0 Å². The molecule has 1 aliphatic heterocycles. The van der Waals surface area contributed by atoms with Gasteiger partial charge in [-0.3, -0.25) is 4.57 Å². The van der Waals surface area contributed by atoms with E-state index in [1.54, 1.807) is 18.3 Å². The summed E-state index contributed by atoms with van der Waals surface area (Å²) in [5.74, 6) is -0.225.